The van der Waals surface area contributed by atoms with E-state index in [9.17, 15) is 0 Å². The highest BCUT2D eigenvalue weighted by atomic mass is 14.5. The standard InChI is InChI=1S/C38H46/c1-22(2)33-17-29-16-31(37(33)20-29)21-35-26(6)13-23(3)14-38(35)32-10-8-9-30-15-28(19-36(30)32)18-34-25(5)12-11-24(4)27(34)7/h8-15,22,24,29,31,33-34,37H,5,7,16-21H2,1-4,6H3. The summed E-state index contributed by atoms with van der Waals surface area (Å²) < 4.78 is 0. The zero-order chi connectivity index (χ0) is 26.7. The van der Waals surface area contributed by atoms with Crippen molar-refractivity contribution in [3.8, 4) is 11.1 Å². The predicted molar refractivity (Wildman–Crippen MR) is 164 cm³/mol. The minimum absolute atomic E-state index is 0.363. The maximum absolute atomic E-state index is 4.46. The minimum Gasteiger partial charge on any atom is -0.0986 e. The lowest BCUT2D eigenvalue weighted by molar-refractivity contribution is 0.187. The van der Waals surface area contributed by atoms with Gasteiger partial charge in [-0.2, -0.15) is 0 Å². The van der Waals surface area contributed by atoms with Gasteiger partial charge in [-0.15, -0.1) is 0 Å². The number of benzene rings is 2. The third kappa shape index (κ3) is 4.49. The van der Waals surface area contributed by atoms with E-state index in [1.807, 2.05) is 0 Å². The second-order valence-electron chi connectivity index (χ2n) is 13.6. The van der Waals surface area contributed by atoms with E-state index >= 15 is 0 Å². The largest absolute Gasteiger partial charge is 0.0986 e. The average Bonchev–Trinajstić information content (AvgIpc) is 3.59. The van der Waals surface area contributed by atoms with Crippen LogP contribution in [0.2, 0.25) is 0 Å². The van der Waals surface area contributed by atoms with E-state index in [-0.39, 0.29) is 0 Å². The molecule has 0 nitrogen and oxygen atoms in total. The fourth-order valence-electron chi connectivity index (χ4n) is 8.73. The van der Waals surface area contributed by atoms with Crippen LogP contribution >= 0.6 is 0 Å². The van der Waals surface area contributed by atoms with Gasteiger partial charge in [-0.25, -0.2) is 0 Å². The molecule has 2 fully saturated rings. The molecule has 0 heterocycles. The first kappa shape index (κ1) is 25.7. The van der Waals surface area contributed by atoms with Crippen LogP contribution in [0.4, 0.5) is 0 Å². The highest BCUT2D eigenvalue weighted by Gasteiger charge is 2.46. The highest BCUT2D eigenvalue weighted by molar-refractivity contribution is 5.80. The second-order valence-corrected chi connectivity index (χ2v) is 13.6. The molecule has 6 atom stereocenters. The predicted octanol–water partition coefficient (Wildman–Crippen LogP) is 10.1. The van der Waals surface area contributed by atoms with Crippen molar-refractivity contribution in [3.63, 3.8) is 0 Å². The topological polar surface area (TPSA) is 0 Å². The van der Waals surface area contributed by atoms with Crippen LogP contribution in [0.3, 0.4) is 0 Å². The maximum atomic E-state index is 4.46. The van der Waals surface area contributed by atoms with Crippen molar-refractivity contribution in [3.05, 3.63) is 100 Å². The summed E-state index contributed by atoms with van der Waals surface area (Å²) in [6.45, 7) is 20.6. The Balaban J connectivity index is 1.30. The molecule has 0 spiro atoms. The van der Waals surface area contributed by atoms with E-state index in [1.54, 1.807) is 5.56 Å². The molecular weight excluding hydrogens is 456 g/mol. The van der Waals surface area contributed by atoms with E-state index in [2.05, 4.69) is 96.3 Å². The van der Waals surface area contributed by atoms with Crippen LogP contribution in [0.1, 0.15) is 74.3 Å². The molecule has 4 aliphatic rings. The Hall–Kier alpha value is -2.60. The van der Waals surface area contributed by atoms with Crippen LogP contribution in [-0.4, -0.2) is 0 Å². The molecule has 198 valence electrons. The highest BCUT2D eigenvalue weighted by Crippen LogP contribution is 2.55. The number of fused-ring (bicyclic) bond motifs is 3. The van der Waals surface area contributed by atoms with Gasteiger partial charge in [0.15, 0.2) is 0 Å². The van der Waals surface area contributed by atoms with Gasteiger partial charge in [0.05, 0.1) is 0 Å². The second kappa shape index (κ2) is 9.86. The Kier molecular flexibility index (Phi) is 6.66. The number of aryl methyl sites for hydroxylation is 2. The summed E-state index contributed by atoms with van der Waals surface area (Å²) in [6.07, 6.45) is 14.7. The Bertz CT molecular complexity index is 1340. The fraction of sp³-hybridized carbons (Fsp3) is 0.474. The van der Waals surface area contributed by atoms with Gasteiger partial charge in [-0.3, -0.25) is 0 Å². The van der Waals surface area contributed by atoms with Gasteiger partial charge in [0.1, 0.15) is 0 Å². The molecule has 0 N–H and O–H groups in total. The van der Waals surface area contributed by atoms with Gasteiger partial charge in [0, 0.05) is 5.92 Å². The molecule has 0 aliphatic heterocycles. The van der Waals surface area contributed by atoms with E-state index in [0.29, 0.717) is 11.8 Å². The van der Waals surface area contributed by atoms with Crippen LogP contribution in [0, 0.1) is 55.3 Å². The number of hydrogen-bond acceptors (Lipinski definition) is 0. The van der Waals surface area contributed by atoms with Crippen LogP contribution in [0.25, 0.3) is 17.2 Å². The monoisotopic (exact) mass is 502 g/mol. The molecule has 4 aliphatic carbocycles. The zero-order valence-corrected chi connectivity index (χ0v) is 24.3. The summed E-state index contributed by atoms with van der Waals surface area (Å²) in [5.41, 5.74) is 14.5. The molecule has 0 saturated heterocycles. The summed E-state index contributed by atoms with van der Waals surface area (Å²) >= 11 is 0. The number of hydrogen-bond donors (Lipinski definition) is 0. The first-order valence-corrected chi connectivity index (χ1v) is 15.2. The van der Waals surface area contributed by atoms with Gasteiger partial charge in [0.25, 0.3) is 0 Å². The lowest BCUT2D eigenvalue weighted by Gasteiger charge is -2.33. The Morgan fingerprint density at radius 2 is 1.79 bits per heavy atom. The minimum atomic E-state index is 0.363. The van der Waals surface area contributed by atoms with Crippen molar-refractivity contribution < 1.29 is 0 Å². The Labute approximate surface area is 231 Å². The molecule has 0 radical (unpaired) electrons. The summed E-state index contributed by atoms with van der Waals surface area (Å²) in [5, 5.41) is 0. The molecule has 0 amide bonds. The molecule has 38 heavy (non-hydrogen) atoms. The summed E-state index contributed by atoms with van der Waals surface area (Å²) in [7, 11) is 0. The van der Waals surface area contributed by atoms with Gasteiger partial charge in [-0.05, 0) is 127 Å². The molecule has 2 aromatic rings. The van der Waals surface area contributed by atoms with Crippen LogP contribution < -0.4 is 0 Å². The third-order valence-electron chi connectivity index (χ3n) is 10.8. The van der Waals surface area contributed by atoms with E-state index in [1.165, 1.54) is 75.8 Å². The average molecular weight is 503 g/mol. The summed E-state index contributed by atoms with van der Waals surface area (Å²) in [4.78, 5) is 0. The van der Waals surface area contributed by atoms with Crippen molar-refractivity contribution in [2.75, 3.05) is 0 Å². The lowest BCUT2D eigenvalue weighted by Crippen LogP contribution is -2.25. The first-order chi connectivity index (χ1) is 18.2. The van der Waals surface area contributed by atoms with Crippen molar-refractivity contribution in [2.45, 2.75) is 73.1 Å². The fourth-order valence-corrected chi connectivity index (χ4v) is 8.73. The van der Waals surface area contributed by atoms with E-state index in [0.717, 1.165) is 42.4 Å². The summed E-state index contributed by atoms with van der Waals surface area (Å²) in [6, 6.07) is 11.9. The third-order valence-corrected chi connectivity index (χ3v) is 10.8. The normalized spacial score (nSPS) is 29.9. The van der Waals surface area contributed by atoms with Crippen LogP contribution in [0.15, 0.2) is 72.4 Å². The van der Waals surface area contributed by atoms with Gasteiger partial charge >= 0.3 is 0 Å². The van der Waals surface area contributed by atoms with Crippen LogP contribution in [-0.2, 0) is 12.8 Å². The number of allylic oxidation sites excluding steroid dienone is 5. The Morgan fingerprint density at radius 1 is 0.974 bits per heavy atom. The molecule has 6 unspecified atom stereocenters. The molecular formula is C38H46. The van der Waals surface area contributed by atoms with Gasteiger partial charge in [-0.1, -0.05) is 99.2 Å². The van der Waals surface area contributed by atoms with E-state index < -0.39 is 0 Å². The van der Waals surface area contributed by atoms with Crippen molar-refractivity contribution in [1.82, 2.24) is 0 Å². The molecule has 2 saturated carbocycles. The SMILES string of the molecule is C=C1C=CC(C)C(=C)C1CC1=Cc2cccc(-c3cc(C)cc(C)c3CC3CC4CC(C(C)C)C3C4)c2C1. The Morgan fingerprint density at radius 3 is 2.55 bits per heavy atom. The molecule has 0 aromatic heterocycles. The molecule has 0 heteroatoms. The van der Waals surface area contributed by atoms with Crippen molar-refractivity contribution in [2.24, 2.45) is 41.4 Å². The van der Waals surface area contributed by atoms with Gasteiger partial charge < -0.3 is 0 Å². The smallest absolute Gasteiger partial charge is 0.00826 e. The molecule has 2 bridgehead atoms. The zero-order valence-electron chi connectivity index (χ0n) is 24.3. The van der Waals surface area contributed by atoms with Crippen molar-refractivity contribution in [1.29, 1.82) is 0 Å². The maximum Gasteiger partial charge on any atom is 0.00826 e. The number of rotatable bonds is 6. The van der Waals surface area contributed by atoms with Crippen molar-refractivity contribution >= 4 is 6.08 Å². The van der Waals surface area contributed by atoms with Crippen LogP contribution in [0.5, 0.6) is 0 Å². The quantitative estimate of drug-likeness (QED) is 0.345. The molecule has 2 aromatic carbocycles. The lowest BCUT2D eigenvalue weighted by atomic mass is 9.72. The van der Waals surface area contributed by atoms with E-state index in [4.69, 9.17) is 0 Å². The summed E-state index contributed by atoms with van der Waals surface area (Å²) in [5.74, 6) is 5.31. The first-order valence-electron chi connectivity index (χ1n) is 15.2. The molecule has 6 rings (SSSR count). The van der Waals surface area contributed by atoms with Gasteiger partial charge in [0.2, 0.25) is 0 Å².